The van der Waals surface area contributed by atoms with Crippen LogP contribution in [-0.2, 0) is 33.4 Å². The molecule has 2 aromatic carbocycles. The average Bonchev–Trinajstić information content (AvgIpc) is 3.12. The molecule has 166 valence electrons. The van der Waals surface area contributed by atoms with Gasteiger partial charge in [-0.25, -0.2) is 0 Å². The van der Waals surface area contributed by atoms with Crippen molar-refractivity contribution in [2.24, 2.45) is 0 Å². The Bertz CT molecular complexity index is 1280. The number of carbonyl (C=O) groups excluding carboxylic acids is 4. The summed E-state index contributed by atoms with van der Waals surface area (Å²) in [5.74, 6) is -8.64. The number of benzene rings is 2. The Balaban J connectivity index is 1.52. The number of imide groups is 1. The van der Waals surface area contributed by atoms with Crippen LogP contribution in [0.2, 0.25) is 6.43 Å². The lowest BCUT2D eigenvalue weighted by molar-refractivity contribution is -0.147. The summed E-state index contributed by atoms with van der Waals surface area (Å²) in [5, 5.41) is 2.19. The first-order valence-electron chi connectivity index (χ1n) is 11.4. The number of rotatable bonds is 5. The highest BCUT2D eigenvalue weighted by atomic mass is 35.5. The smallest absolute Gasteiger partial charge is 0.346 e. The summed E-state index contributed by atoms with van der Waals surface area (Å²) in [6, 6.07) is 6.68. The van der Waals surface area contributed by atoms with Crippen molar-refractivity contribution < 1.29 is 33.5 Å². The fourth-order valence-corrected chi connectivity index (χ4v) is 3.56. The molecule has 0 bridgehead atoms. The second-order valence-corrected chi connectivity index (χ2v) is 7.63. The quantitative estimate of drug-likeness (QED) is 0.663. The van der Waals surface area contributed by atoms with Crippen molar-refractivity contribution in [3.8, 4) is 0 Å². The van der Waals surface area contributed by atoms with Crippen LogP contribution in [0.25, 0.3) is 0 Å². The van der Waals surface area contributed by atoms with Crippen LogP contribution in [0.3, 0.4) is 0 Å². The van der Waals surface area contributed by atoms with Crippen molar-refractivity contribution in [2.75, 3.05) is 0 Å². The molecule has 0 aliphatic carbocycles. The van der Waals surface area contributed by atoms with Crippen molar-refractivity contribution in [3.05, 3.63) is 69.7 Å². The Morgan fingerprint density at radius 2 is 1.97 bits per heavy atom. The van der Waals surface area contributed by atoms with Crippen molar-refractivity contribution in [2.45, 2.75) is 37.8 Å². The molecule has 1 saturated heterocycles. The predicted molar refractivity (Wildman–Crippen MR) is 110 cm³/mol. The summed E-state index contributed by atoms with van der Waals surface area (Å²) in [5.41, 5.74) is 0.0267. The van der Waals surface area contributed by atoms with E-state index in [1.54, 1.807) is 0 Å². The Hall–Kier alpha value is -3.33. The van der Waals surface area contributed by atoms with Crippen LogP contribution < -0.4 is 10.6 Å². The van der Waals surface area contributed by atoms with Crippen molar-refractivity contribution in [1.29, 1.82) is 0 Å². The molecule has 0 saturated carbocycles. The lowest BCUT2D eigenvalue weighted by Gasteiger charge is -2.29. The maximum atomic E-state index is 14.6. The summed E-state index contributed by atoms with van der Waals surface area (Å²) >= 11 is 5.69. The van der Waals surface area contributed by atoms with Gasteiger partial charge in [0.15, 0.2) is 1.41 Å². The Labute approximate surface area is 192 Å². The maximum absolute atomic E-state index is 14.6. The van der Waals surface area contributed by atoms with Gasteiger partial charge in [-0.15, -0.1) is 0 Å². The third-order valence-electron chi connectivity index (χ3n) is 5.06. The molecule has 2 aromatic rings. The Morgan fingerprint density at radius 3 is 2.69 bits per heavy atom. The van der Waals surface area contributed by atoms with Gasteiger partial charge in [0.25, 0.3) is 11.8 Å². The van der Waals surface area contributed by atoms with Gasteiger partial charge in [0.05, 0.1) is 0 Å². The van der Waals surface area contributed by atoms with Crippen molar-refractivity contribution >= 4 is 35.2 Å². The van der Waals surface area contributed by atoms with Crippen LogP contribution >= 0.6 is 11.6 Å². The Morgan fingerprint density at radius 1 is 1.25 bits per heavy atom. The molecule has 2 aliphatic heterocycles. The van der Waals surface area contributed by atoms with E-state index in [0.717, 1.165) is 17.0 Å². The molecule has 2 unspecified atom stereocenters. The fourth-order valence-electron chi connectivity index (χ4n) is 3.44. The van der Waals surface area contributed by atoms with Gasteiger partial charge in [0.1, 0.15) is 6.04 Å². The maximum Gasteiger partial charge on any atom is 0.349 e. The number of amides is 4. The van der Waals surface area contributed by atoms with E-state index in [1.807, 2.05) is 5.32 Å². The highest BCUT2D eigenvalue weighted by molar-refractivity contribution is 6.30. The minimum atomic E-state index is -3.99. The van der Waals surface area contributed by atoms with E-state index >= 15 is 0 Å². The summed E-state index contributed by atoms with van der Waals surface area (Å²) in [4.78, 5) is 50.2. The van der Waals surface area contributed by atoms with Gasteiger partial charge < -0.3 is 10.2 Å². The van der Waals surface area contributed by atoms with Crippen LogP contribution in [0.4, 0.5) is 8.78 Å². The molecule has 32 heavy (non-hydrogen) atoms. The number of hydrogen-bond acceptors (Lipinski definition) is 4. The molecule has 0 radical (unpaired) electrons. The van der Waals surface area contributed by atoms with Gasteiger partial charge in [-0.05, 0) is 35.7 Å². The zero-order chi connectivity index (χ0) is 26.6. The lowest BCUT2D eigenvalue weighted by Crippen LogP contribution is -2.52. The molecule has 10 heteroatoms. The van der Waals surface area contributed by atoms with Gasteiger partial charge in [0, 0.05) is 39.7 Å². The fraction of sp³-hybridized carbons (Fsp3) is 0.273. The number of alkyl halides is 2. The second kappa shape index (κ2) is 8.31. The topological polar surface area (TPSA) is 95.6 Å². The summed E-state index contributed by atoms with van der Waals surface area (Å²) < 4.78 is 61.0. The number of carbonyl (C=O) groups is 4. The molecule has 2 aliphatic rings. The van der Waals surface area contributed by atoms with E-state index in [2.05, 4.69) is 0 Å². The number of hydrogen-bond donors (Lipinski definition) is 2. The van der Waals surface area contributed by atoms with Gasteiger partial charge in [-0.3, -0.25) is 24.5 Å². The molecular weight excluding hydrogens is 444 g/mol. The largest absolute Gasteiger partial charge is 0.349 e. The number of piperidine rings is 1. The third kappa shape index (κ3) is 4.08. The monoisotopic (exact) mass is 465 g/mol. The first-order valence-corrected chi connectivity index (χ1v) is 9.77. The standard InChI is InChI=1S/C22H18ClF2N3O4/c23-15-4-2-14(3-5-15)22(24,25)21(32)26-10-12-1-6-16-13(9-12)11-28(20(16)31)17-7-8-18(29)27-19(17)30/h1-6,9,17H,7-8,10-11H2,(H,26,32)(H,27,29,30)/i7D2,8D/hD. The number of halogens is 3. The van der Waals surface area contributed by atoms with Crippen LogP contribution in [0.1, 0.15) is 43.9 Å². The number of nitrogens with zero attached hydrogens (tertiary/aromatic N) is 1. The zero-order valence-electron chi connectivity index (χ0n) is 20.3. The molecule has 0 spiro atoms. The predicted octanol–water partition coefficient (Wildman–Crippen LogP) is 2.51. The molecule has 0 aromatic heterocycles. The van der Waals surface area contributed by atoms with Gasteiger partial charge >= 0.3 is 5.92 Å². The van der Waals surface area contributed by atoms with Crippen LogP contribution in [0, 0.1) is 0 Å². The SMILES string of the molecule is [2H]C1C(=O)NC(=O)C(N2Cc3cc(CN([2H])C(=O)C(F)(F)c4ccc(Cl)cc4)ccc3C2=O)C1([2H])[2H]. The molecule has 2 atom stereocenters. The first-order chi connectivity index (χ1) is 16.7. The molecule has 2 N–H and O–H groups in total. The van der Waals surface area contributed by atoms with Gasteiger partial charge in [0.2, 0.25) is 11.8 Å². The molecule has 4 amide bonds. The van der Waals surface area contributed by atoms with Crippen molar-refractivity contribution in [1.82, 2.24) is 15.5 Å². The number of fused-ring (bicyclic) bond motifs is 1. The van der Waals surface area contributed by atoms with Crippen LogP contribution in [0.15, 0.2) is 42.5 Å². The molecule has 4 rings (SSSR count). The van der Waals surface area contributed by atoms with E-state index in [1.165, 1.54) is 30.3 Å². The summed E-state index contributed by atoms with van der Waals surface area (Å²) in [6.45, 7) is -0.801. The van der Waals surface area contributed by atoms with E-state index < -0.39 is 60.5 Å². The van der Waals surface area contributed by atoms with Gasteiger partial charge in [-0.1, -0.05) is 35.9 Å². The highest BCUT2D eigenvalue weighted by Gasteiger charge is 2.41. The van der Waals surface area contributed by atoms with E-state index in [-0.39, 0.29) is 28.0 Å². The van der Waals surface area contributed by atoms with Gasteiger partial charge in [-0.2, -0.15) is 8.78 Å². The number of nitrogens with one attached hydrogen (secondary N) is 2. The minimum absolute atomic E-state index is 0.0917. The molecule has 2 heterocycles. The summed E-state index contributed by atoms with van der Waals surface area (Å²) in [7, 11) is 0. The first kappa shape index (κ1) is 17.3. The third-order valence-corrected chi connectivity index (χ3v) is 5.31. The second-order valence-electron chi connectivity index (χ2n) is 7.19. The average molecular weight is 466 g/mol. The van der Waals surface area contributed by atoms with Crippen LogP contribution in [0.5, 0.6) is 0 Å². The molecule has 1 fully saturated rings. The minimum Gasteiger partial charge on any atom is -0.346 e. The Kier molecular flexibility index (Phi) is 4.48. The van der Waals surface area contributed by atoms with E-state index in [0.29, 0.717) is 5.56 Å². The molecule has 7 nitrogen and oxygen atoms in total. The molecular formula is C22H18ClF2N3O4. The normalized spacial score (nSPS) is 24.1. The van der Waals surface area contributed by atoms with Crippen LogP contribution in [-0.4, -0.2) is 34.6 Å². The van der Waals surface area contributed by atoms with E-state index in [9.17, 15) is 28.0 Å². The lowest BCUT2D eigenvalue weighted by atomic mass is 10.0. The summed E-state index contributed by atoms with van der Waals surface area (Å²) in [6.07, 6.45) is -4.59. The zero-order valence-corrected chi connectivity index (χ0v) is 17.0. The van der Waals surface area contributed by atoms with Crippen molar-refractivity contribution in [3.63, 3.8) is 0 Å². The van der Waals surface area contributed by atoms with E-state index in [4.69, 9.17) is 17.1 Å². The highest BCUT2D eigenvalue weighted by Crippen LogP contribution is 2.30.